The molecular weight excluding hydrogens is 348 g/mol. The topological polar surface area (TPSA) is 33.7 Å². The molecule has 1 fully saturated rings. The van der Waals surface area contributed by atoms with E-state index >= 15 is 0 Å². The first-order valence-corrected chi connectivity index (χ1v) is 9.96. The number of nitrogens with one attached hydrogen (secondary N) is 1. The molecule has 28 heavy (non-hydrogen) atoms. The predicted octanol–water partition coefficient (Wildman–Crippen LogP) is 4.24. The fourth-order valence-electron chi connectivity index (χ4n) is 4.22. The lowest BCUT2D eigenvalue weighted by Crippen LogP contribution is -2.33. The maximum Gasteiger partial charge on any atom is 0.127 e. The third kappa shape index (κ3) is 3.71. The molecule has 1 heterocycles. The summed E-state index contributed by atoms with van der Waals surface area (Å²) in [5.41, 5.74) is 2.50. The van der Waals surface area contributed by atoms with Crippen molar-refractivity contribution in [2.24, 2.45) is 0 Å². The molecule has 3 aromatic rings. The number of benzene rings is 3. The van der Waals surface area contributed by atoms with E-state index in [1.807, 2.05) is 12.1 Å². The Bertz CT molecular complexity index is 928. The van der Waals surface area contributed by atoms with Crippen LogP contribution in [-0.4, -0.2) is 45.3 Å². The molecular formula is C24H28N2O2. The molecule has 4 rings (SSSR count). The van der Waals surface area contributed by atoms with Gasteiger partial charge in [0.2, 0.25) is 0 Å². The molecule has 4 nitrogen and oxygen atoms in total. The molecule has 0 aliphatic carbocycles. The first kappa shape index (κ1) is 18.8. The summed E-state index contributed by atoms with van der Waals surface area (Å²) < 4.78 is 11.2. The van der Waals surface area contributed by atoms with E-state index < -0.39 is 0 Å². The first-order valence-electron chi connectivity index (χ1n) is 9.96. The highest BCUT2D eigenvalue weighted by Gasteiger charge is 2.27. The van der Waals surface area contributed by atoms with Crippen LogP contribution in [0.1, 0.15) is 23.6 Å². The number of nitrogens with zero attached hydrogens (tertiary/aromatic N) is 1. The molecule has 1 saturated heterocycles. The van der Waals surface area contributed by atoms with Gasteiger partial charge in [0.25, 0.3) is 0 Å². The highest BCUT2D eigenvalue weighted by atomic mass is 16.5. The van der Waals surface area contributed by atoms with E-state index in [-0.39, 0.29) is 6.04 Å². The van der Waals surface area contributed by atoms with Gasteiger partial charge in [0.1, 0.15) is 11.5 Å². The molecule has 1 aliphatic heterocycles. The Morgan fingerprint density at radius 3 is 2.57 bits per heavy atom. The summed E-state index contributed by atoms with van der Waals surface area (Å²) in [6, 6.07) is 21.6. The van der Waals surface area contributed by atoms with E-state index in [4.69, 9.17) is 9.47 Å². The van der Waals surface area contributed by atoms with E-state index in [0.29, 0.717) is 0 Å². The van der Waals surface area contributed by atoms with E-state index in [9.17, 15) is 0 Å². The third-order valence-corrected chi connectivity index (χ3v) is 5.59. The molecule has 0 radical (unpaired) electrons. The maximum atomic E-state index is 5.80. The average molecular weight is 377 g/mol. The van der Waals surface area contributed by atoms with Crippen LogP contribution in [-0.2, 0) is 0 Å². The highest BCUT2D eigenvalue weighted by molar-refractivity contribution is 5.86. The van der Waals surface area contributed by atoms with Gasteiger partial charge >= 0.3 is 0 Å². The van der Waals surface area contributed by atoms with Gasteiger partial charge < -0.3 is 14.8 Å². The Hall–Kier alpha value is -2.56. The maximum absolute atomic E-state index is 5.80. The summed E-state index contributed by atoms with van der Waals surface area (Å²) in [6.07, 6.45) is 1.14. The Morgan fingerprint density at radius 1 is 0.857 bits per heavy atom. The lowest BCUT2D eigenvalue weighted by Gasteiger charge is -2.33. The van der Waals surface area contributed by atoms with Crippen molar-refractivity contribution in [3.05, 3.63) is 71.8 Å². The Morgan fingerprint density at radius 2 is 1.71 bits per heavy atom. The minimum Gasteiger partial charge on any atom is -0.497 e. The molecule has 1 unspecified atom stereocenters. The number of ether oxygens (including phenoxy) is 2. The lowest BCUT2D eigenvalue weighted by atomic mass is 9.91. The molecule has 146 valence electrons. The number of fused-ring (bicyclic) bond motifs is 1. The van der Waals surface area contributed by atoms with Gasteiger partial charge in [-0.25, -0.2) is 0 Å². The van der Waals surface area contributed by atoms with Crippen molar-refractivity contribution in [1.82, 2.24) is 10.2 Å². The quantitative estimate of drug-likeness (QED) is 0.722. The van der Waals surface area contributed by atoms with Crippen molar-refractivity contribution in [3.63, 3.8) is 0 Å². The largest absolute Gasteiger partial charge is 0.497 e. The fraction of sp³-hybridized carbons (Fsp3) is 0.333. The van der Waals surface area contributed by atoms with Gasteiger partial charge in [-0.05, 0) is 41.4 Å². The van der Waals surface area contributed by atoms with Gasteiger partial charge in [-0.3, -0.25) is 4.90 Å². The van der Waals surface area contributed by atoms with Crippen molar-refractivity contribution in [2.75, 3.05) is 40.4 Å². The van der Waals surface area contributed by atoms with Gasteiger partial charge in [0.05, 0.1) is 20.3 Å². The summed E-state index contributed by atoms with van der Waals surface area (Å²) in [5.74, 6) is 1.68. The number of hydrogen-bond acceptors (Lipinski definition) is 4. The number of hydrogen-bond donors (Lipinski definition) is 1. The Balaban J connectivity index is 1.89. The second kappa shape index (κ2) is 8.63. The molecule has 0 saturated carbocycles. The van der Waals surface area contributed by atoms with Crippen molar-refractivity contribution < 1.29 is 9.47 Å². The molecule has 0 amide bonds. The van der Waals surface area contributed by atoms with E-state index in [0.717, 1.165) is 44.1 Å². The molecule has 0 aromatic heterocycles. The lowest BCUT2D eigenvalue weighted by molar-refractivity contribution is 0.237. The van der Waals surface area contributed by atoms with Crippen molar-refractivity contribution in [1.29, 1.82) is 0 Å². The van der Waals surface area contributed by atoms with E-state index in [1.54, 1.807) is 14.2 Å². The molecule has 4 heteroatoms. The van der Waals surface area contributed by atoms with Gasteiger partial charge in [0, 0.05) is 31.3 Å². The highest BCUT2D eigenvalue weighted by Crippen LogP contribution is 2.39. The second-order valence-corrected chi connectivity index (χ2v) is 7.22. The SMILES string of the molecule is COc1ccc(C(c2cccc3ccccc23)N2CCCNCC2)c(OC)c1. The van der Waals surface area contributed by atoms with E-state index in [1.165, 1.54) is 21.9 Å². The van der Waals surface area contributed by atoms with Crippen LogP contribution in [0, 0.1) is 0 Å². The van der Waals surface area contributed by atoms with Crippen LogP contribution < -0.4 is 14.8 Å². The van der Waals surface area contributed by atoms with Crippen LogP contribution in [0.4, 0.5) is 0 Å². The summed E-state index contributed by atoms with van der Waals surface area (Å²) >= 11 is 0. The zero-order valence-electron chi connectivity index (χ0n) is 16.7. The normalized spacial score (nSPS) is 16.5. The average Bonchev–Trinajstić information content (AvgIpc) is 3.04. The first-order chi connectivity index (χ1) is 13.8. The van der Waals surface area contributed by atoms with Crippen LogP contribution in [0.2, 0.25) is 0 Å². The Labute approximate surface area is 167 Å². The summed E-state index contributed by atoms with van der Waals surface area (Å²) in [7, 11) is 3.43. The number of rotatable bonds is 5. The van der Waals surface area contributed by atoms with Crippen LogP contribution in [0.5, 0.6) is 11.5 Å². The third-order valence-electron chi connectivity index (χ3n) is 5.59. The van der Waals surface area contributed by atoms with Crippen LogP contribution in [0.15, 0.2) is 60.7 Å². The smallest absolute Gasteiger partial charge is 0.127 e. The van der Waals surface area contributed by atoms with Crippen LogP contribution in [0.3, 0.4) is 0 Å². The summed E-state index contributed by atoms with van der Waals surface area (Å²) in [4.78, 5) is 2.58. The minimum atomic E-state index is 0.131. The zero-order chi connectivity index (χ0) is 19.3. The van der Waals surface area contributed by atoms with Gasteiger partial charge in [0.15, 0.2) is 0 Å². The van der Waals surface area contributed by atoms with Crippen molar-refractivity contribution in [2.45, 2.75) is 12.5 Å². The fourth-order valence-corrected chi connectivity index (χ4v) is 4.22. The summed E-state index contributed by atoms with van der Waals surface area (Å²) in [5, 5.41) is 6.09. The molecule has 0 bridgehead atoms. The van der Waals surface area contributed by atoms with Gasteiger partial charge in [-0.15, -0.1) is 0 Å². The molecule has 1 aliphatic rings. The van der Waals surface area contributed by atoms with Crippen LogP contribution in [0.25, 0.3) is 10.8 Å². The van der Waals surface area contributed by atoms with Crippen molar-refractivity contribution in [3.8, 4) is 11.5 Å². The number of methoxy groups -OCH3 is 2. The predicted molar refractivity (Wildman–Crippen MR) is 114 cm³/mol. The molecule has 0 spiro atoms. The standard InChI is InChI=1S/C24H28N2O2/c1-27-19-11-12-22(23(17-19)28-2)24(26-15-6-13-25-14-16-26)21-10-5-8-18-7-3-4-9-20(18)21/h3-5,7-12,17,24-25H,6,13-16H2,1-2H3. The van der Waals surface area contributed by atoms with Gasteiger partial charge in [-0.1, -0.05) is 42.5 Å². The summed E-state index contributed by atoms with van der Waals surface area (Å²) in [6.45, 7) is 4.12. The van der Waals surface area contributed by atoms with E-state index in [2.05, 4.69) is 58.7 Å². The molecule has 3 aromatic carbocycles. The minimum absolute atomic E-state index is 0.131. The Kier molecular flexibility index (Phi) is 5.79. The molecule has 1 N–H and O–H groups in total. The van der Waals surface area contributed by atoms with Crippen molar-refractivity contribution >= 4 is 10.8 Å². The van der Waals surface area contributed by atoms with Gasteiger partial charge in [-0.2, -0.15) is 0 Å². The van der Waals surface area contributed by atoms with Crippen LogP contribution >= 0.6 is 0 Å². The zero-order valence-corrected chi connectivity index (χ0v) is 16.7. The second-order valence-electron chi connectivity index (χ2n) is 7.22. The molecule has 1 atom stereocenters. The monoisotopic (exact) mass is 376 g/mol.